The SMILES string of the molecule is COc1ccc(NC(=O)C[NH+]2CCN(c3ccccc3F)CC2)c(OC)c1. The number of methoxy groups -OCH3 is 2. The maximum Gasteiger partial charge on any atom is 0.279 e. The second kappa shape index (κ2) is 8.73. The zero-order chi connectivity index (χ0) is 19.2. The van der Waals surface area contributed by atoms with Gasteiger partial charge in [0.25, 0.3) is 5.91 Å². The van der Waals surface area contributed by atoms with Crippen LogP contribution >= 0.6 is 0 Å². The van der Waals surface area contributed by atoms with E-state index in [9.17, 15) is 9.18 Å². The summed E-state index contributed by atoms with van der Waals surface area (Å²) in [6, 6.07) is 12.1. The third-order valence-electron chi connectivity index (χ3n) is 4.76. The molecule has 1 amide bonds. The van der Waals surface area contributed by atoms with Crippen molar-refractivity contribution < 1.29 is 23.6 Å². The highest BCUT2D eigenvalue weighted by Gasteiger charge is 2.24. The molecule has 1 aliphatic heterocycles. The van der Waals surface area contributed by atoms with E-state index in [0.717, 1.165) is 26.2 Å². The average Bonchev–Trinajstić information content (AvgIpc) is 2.69. The summed E-state index contributed by atoms with van der Waals surface area (Å²) < 4.78 is 24.4. The fourth-order valence-electron chi connectivity index (χ4n) is 3.27. The van der Waals surface area contributed by atoms with E-state index < -0.39 is 0 Å². The first-order chi connectivity index (χ1) is 13.1. The minimum atomic E-state index is -0.203. The van der Waals surface area contributed by atoms with E-state index in [-0.39, 0.29) is 11.7 Å². The molecule has 0 atom stereocenters. The summed E-state index contributed by atoms with van der Waals surface area (Å²) in [5, 5.41) is 2.90. The fourth-order valence-corrected chi connectivity index (χ4v) is 3.27. The largest absolute Gasteiger partial charge is 0.497 e. The molecule has 2 aromatic rings. The minimum Gasteiger partial charge on any atom is -0.497 e. The van der Waals surface area contributed by atoms with E-state index in [1.54, 1.807) is 44.6 Å². The van der Waals surface area contributed by atoms with E-state index in [1.807, 2.05) is 11.0 Å². The Kier molecular flexibility index (Phi) is 6.13. The Morgan fingerprint density at radius 1 is 1.15 bits per heavy atom. The average molecular weight is 374 g/mol. The highest BCUT2D eigenvalue weighted by molar-refractivity contribution is 5.93. The van der Waals surface area contributed by atoms with E-state index in [1.165, 1.54) is 11.0 Å². The Balaban J connectivity index is 1.53. The zero-order valence-electron chi connectivity index (χ0n) is 15.6. The Morgan fingerprint density at radius 2 is 1.89 bits per heavy atom. The van der Waals surface area contributed by atoms with Crippen molar-refractivity contribution in [3.63, 3.8) is 0 Å². The highest BCUT2D eigenvalue weighted by atomic mass is 19.1. The maximum absolute atomic E-state index is 13.9. The topological polar surface area (TPSA) is 55.2 Å². The molecule has 0 radical (unpaired) electrons. The number of benzene rings is 2. The zero-order valence-corrected chi connectivity index (χ0v) is 15.6. The van der Waals surface area contributed by atoms with Crippen LogP contribution in [0.1, 0.15) is 0 Å². The highest BCUT2D eigenvalue weighted by Crippen LogP contribution is 2.28. The van der Waals surface area contributed by atoms with Gasteiger partial charge in [-0.1, -0.05) is 12.1 Å². The number of carbonyl (C=O) groups is 1. The van der Waals surface area contributed by atoms with Gasteiger partial charge in [-0.2, -0.15) is 0 Å². The Morgan fingerprint density at radius 3 is 2.56 bits per heavy atom. The molecule has 0 aromatic heterocycles. The maximum atomic E-state index is 13.9. The van der Waals surface area contributed by atoms with Crippen molar-refractivity contribution in [3.8, 4) is 11.5 Å². The van der Waals surface area contributed by atoms with Crippen LogP contribution in [0.5, 0.6) is 11.5 Å². The van der Waals surface area contributed by atoms with Crippen LogP contribution in [-0.4, -0.2) is 52.9 Å². The van der Waals surface area contributed by atoms with Crippen molar-refractivity contribution in [1.29, 1.82) is 0 Å². The summed E-state index contributed by atoms with van der Waals surface area (Å²) in [6.45, 7) is 3.36. The molecule has 27 heavy (non-hydrogen) atoms. The first kappa shape index (κ1) is 19.0. The van der Waals surface area contributed by atoms with Crippen LogP contribution in [0.2, 0.25) is 0 Å². The first-order valence-electron chi connectivity index (χ1n) is 8.95. The van der Waals surface area contributed by atoms with Crippen LogP contribution in [0.15, 0.2) is 42.5 Å². The number of nitrogens with one attached hydrogen (secondary N) is 2. The molecule has 0 aliphatic carbocycles. The summed E-state index contributed by atoms with van der Waals surface area (Å²) in [5.41, 5.74) is 1.25. The molecule has 1 heterocycles. The van der Waals surface area contributed by atoms with Gasteiger partial charge in [-0.3, -0.25) is 4.79 Å². The number of hydrogen-bond donors (Lipinski definition) is 2. The summed E-state index contributed by atoms with van der Waals surface area (Å²) in [6.07, 6.45) is 0. The van der Waals surface area contributed by atoms with E-state index in [4.69, 9.17) is 9.47 Å². The predicted molar refractivity (Wildman–Crippen MR) is 102 cm³/mol. The van der Waals surface area contributed by atoms with Gasteiger partial charge in [0.2, 0.25) is 0 Å². The molecule has 1 saturated heterocycles. The molecule has 7 heteroatoms. The number of hydrogen-bond acceptors (Lipinski definition) is 4. The number of ether oxygens (including phenoxy) is 2. The van der Waals surface area contributed by atoms with Crippen LogP contribution in [0.25, 0.3) is 0 Å². The van der Waals surface area contributed by atoms with Gasteiger partial charge in [0.05, 0.1) is 51.8 Å². The number of rotatable bonds is 6. The lowest BCUT2D eigenvalue weighted by molar-refractivity contribution is -0.892. The van der Waals surface area contributed by atoms with Gasteiger partial charge >= 0.3 is 0 Å². The molecule has 6 nitrogen and oxygen atoms in total. The van der Waals surface area contributed by atoms with Crippen molar-refractivity contribution in [2.45, 2.75) is 0 Å². The molecule has 1 fully saturated rings. The molecule has 0 spiro atoms. The first-order valence-corrected chi connectivity index (χ1v) is 8.95. The Labute approximate surface area is 158 Å². The number of amides is 1. The van der Waals surface area contributed by atoms with Crippen LogP contribution in [0.4, 0.5) is 15.8 Å². The van der Waals surface area contributed by atoms with Crippen LogP contribution in [0.3, 0.4) is 0 Å². The quantitative estimate of drug-likeness (QED) is 0.798. The summed E-state index contributed by atoms with van der Waals surface area (Å²) in [7, 11) is 3.13. The lowest BCUT2D eigenvalue weighted by Gasteiger charge is -2.33. The van der Waals surface area contributed by atoms with Gasteiger partial charge in [0.1, 0.15) is 17.3 Å². The summed E-state index contributed by atoms with van der Waals surface area (Å²) >= 11 is 0. The summed E-state index contributed by atoms with van der Waals surface area (Å²) in [5.74, 6) is 0.944. The molecule has 0 bridgehead atoms. The Bertz CT molecular complexity index is 792. The molecule has 0 unspecified atom stereocenters. The number of quaternary nitrogens is 1. The van der Waals surface area contributed by atoms with Crippen molar-refractivity contribution in [3.05, 3.63) is 48.3 Å². The van der Waals surface area contributed by atoms with Gasteiger partial charge in [-0.05, 0) is 24.3 Å². The van der Waals surface area contributed by atoms with Crippen molar-refractivity contribution in [1.82, 2.24) is 0 Å². The molecular weight excluding hydrogens is 349 g/mol. The Hall–Kier alpha value is -2.80. The van der Waals surface area contributed by atoms with Crippen LogP contribution in [0, 0.1) is 5.82 Å². The molecule has 2 aromatic carbocycles. The normalized spacial score (nSPS) is 14.7. The number of nitrogens with zero attached hydrogens (tertiary/aromatic N) is 1. The second-order valence-corrected chi connectivity index (χ2v) is 6.48. The lowest BCUT2D eigenvalue weighted by Crippen LogP contribution is -3.15. The van der Waals surface area contributed by atoms with Gasteiger partial charge in [-0.15, -0.1) is 0 Å². The third kappa shape index (κ3) is 4.68. The van der Waals surface area contributed by atoms with Crippen molar-refractivity contribution in [2.24, 2.45) is 0 Å². The van der Waals surface area contributed by atoms with E-state index >= 15 is 0 Å². The summed E-state index contributed by atoms with van der Waals surface area (Å²) in [4.78, 5) is 15.6. The molecule has 1 aliphatic rings. The van der Waals surface area contributed by atoms with Crippen molar-refractivity contribution in [2.75, 3.05) is 57.2 Å². The second-order valence-electron chi connectivity index (χ2n) is 6.48. The van der Waals surface area contributed by atoms with Gasteiger partial charge in [0, 0.05) is 6.07 Å². The van der Waals surface area contributed by atoms with Crippen molar-refractivity contribution >= 4 is 17.3 Å². The van der Waals surface area contributed by atoms with Gasteiger partial charge in [-0.25, -0.2) is 4.39 Å². The smallest absolute Gasteiger partial charge is 0.279 e. The number of halogens is 1. The number of piperazine rings is 1. The third-order valence-corrected chi connectivity index (χ3v) is 4.76. The minimum absolute atomic E-state index is 0.0761. The standard InChI is InChI=1S/C20H24FN3O3/c1-26-15-7-8-17(19(13-15)27-2)22-20(25)14-23-9-11-24(12-10-23)18-6-4-3-5-16(18)21/h3-8,13H,9-12,14H2,1-2H3,(H,22,25)/p+1. The molecule has 3 rings (SSSR count). The van der Waals surface area contributed by atoms with Gasteiger partial charge in [0.15, 0.2) is 6.54 Å². The number of anilines is 2. The number of para-hydroxylation sites is 1. The monoisotopic (exact) mass is 374 g/mol. The molecule has 144 valence electrons. The van der Waals surface area contributed by atoms with Crippen LogP contribution in [-0.2, 0) is 4.79 Å². The number of carbonyl (C=O) groups excluding carboxylic acids is 1. The predicted octanol–water partition coefficient (Wildman–Crippen LogP) is 1.19. The fraction of sp³-hybridized carbons (Fsp3) is 0.350. The molecule has 2 N–H and O–H groups in total. The van der Waals surface area contributed by atoms with E-state index in [0.29, 0.717) is 29.4 Å². The van der Waals surface area contributed by atoms with E-state index in [2.05, 4.69) is 5.32 Å². The lowest BCUT2D eigenvalue weighted by atomic mass is 10.2. The molecule has 0 saturated carbocycles. The molecular formula is C20H25FN3O3+. The van der Waals surface area contributed by atoms with Crippen LogP contribution < -0.4 is 24.6 Å². The van der Waals surface area contributed by atoms with Gasteiger partial charge < -0.3 is 24.6 Å².